The predicted molar refractivity (Wildman–Crippen MR) is 76.1 cm³/mol. The number of hydrogen-bond donors (Lipinski definition) is 1. The van der Waals surface area contributed by atoms with Crippen LogP contribution >= 0.6 is 0 Å². The average molecular weight is 261 g/mol. The molecule has 19 heavy (non-hydrogen) atoms. The summed E-state index contributed by atoms with van der Waals surface area (Å²) in [7, 11) is 2.03. The van der Waals surface area contributed by atoms with Gasteiger partial charge in [0.05, 0.1) is 0 Å². The van der Waals surface area contributed by atoms with Crippen molar-refractivity contribution < 1.29 is 9.47 Å². The quantitative estimate of drug-likeness (QED) is 0.907. The summed E-state index contributed by atoms with van der Waals surface area (Å²) in [5.74, 6) is 1.79. The van der Waals surface area contributed by atoms with Crippen molar-refractivity contribution in [3.8, 4) is 11.5 Å². The van der Waals surface area contributed by atoms with Gasteiger partial charge in [0.25, 0.3) is 0 Å². The van der Waals surface area contributed by atoms with Gasteiger partial charge in [-0.1, -0.05) is 19.9 Å². The molecule has 0 atom stereocenters. The van der Waals surface area contributed by atoms with E-state index in [0.29, 0.717) is 18.6 Å². The molecule has 0 radical (unpaired) electrons. The summed E-state index contributed by atoms with van der Waals surface area (Å²) >= 11 is 0. The van der Waals surface area contributed by atoms with Gasteiger partial charge in [0, 0.05) is 12.0 Å². The van der Waals surface area contributed by atoms with E-state index in [2.05, 4.69) is 37.4 Å². The molecule has 1 heterocycles. The Labute approximate surface area is 115 Å². The van der Waals surface area contributed by atoms with Gasteiger partial charge in [0.1, 0.15) is 13.2 Å². The third-order valence-electron chi connectivity index (χ3n) is 4.30. The van der Waals surface area contributed by atoms with Gasteiger partial charge in [-0.25, -0.2) is 0 Å². The molecule has 0 unspecified atom stereocenters. The fraction of sp³-hybridized carbons (Fsp3) is 0.625. The summed E-state index contributed by atoms with van der Waals surface area (Å²) in [6, 6.07) is 6.45. The van der Waals surface area contributed by atoms with E-state index in [-0.39, 0.29) is 5.41 Å². The number of likely N-dealkylation sites (N-methyl/N-ethyl adjacent to an activating group) is 1. The molecule has 1 aliphatic carbocycles. The summed E-state index contributed by atoms with van der Waals surface area (Å²) in [5, 5.41) is 3.35. The third kappa shape index (κ3) is 2.20. The molecule has 1 aliphatic heterocycles. The number of ether oxygens (including phenoxy) is 2. The Balaban J connectivity index is 1.91. The Bertz CT molecular complexity index is 474. The van der Waals surface area contributed by atoms with E-state index in [1.807, 2.05) is 7.05 Å². The lowest BCUT2D eigenvalue weighted by atomic mass is 9.52. The van der Waals surface area contributed by atoms with E-state index in [9.17, 15) is 0 Å². The van der Waals surface area contributed by atoms with E-state index in [4.69, 9.17) is 9.47 Å². The van der Waals surface area contributed by atoms with Crippen LogP contribution in [0, 0.1) is 5.41 Å². The van der Waals surface area contributed by atoms with Crippen LogP contribution in [-0.2, 0) is 5.41 Å². The first-order chi connectivity index (χ1) is 9.05. The summed E-state index contributed by atoms with van der Waals surface area (Å²) in [5.41, 5.74) is 2.09. The van der Waals surface area contributed by atoms with Crippen LogP contribution in [-0.4, -0.2) is 26.8 Å². The van der Waals surface area contributed by atoms with Gasteiger partial charge in [0.15, 0.2) is 11.5 Å². The van der Waals surface area contributed by atoms with Crippen molar-refractivity contribution in [2.75, 3.05) is 26.8 Å². The Kier molecular flexibility index (Phi) is 2.97. The highest BCUT2D eigenvalue weighted by molar-refractivity contribution is 5.47. The highest BCUT2D eigenvalue weighted by Gasteiger charge is 2.49. The molecule has 0 spiro atoms. The molecule has 0 aromatic heterocycles. The first-order valence-corrected chi connectivity index (χ1v) is 7.09. The van der Waals surface area contributed by atoms with Crippen LogP contribution in [0.5, 0.6) is 11.5 Å². The van der Waals surface area contributed by atoms with E-state index in [0.717, 1.165) is 18.0 Å². The van der Waals surface area contributed by atoms with Gasteiger partial charge in [-0.3, -0.25) is 0 Å². The SMILES string of the molecule is CNCC1(c2ccc3c(c2)OCCO3)CC(C)(C)C1. The fourth-order valence-electron chi connectivity index (χ4n) is 3.92. The van der Waals surface area contributed by atoms with Crippen molar-refractivity contribution in [3.63, 3.8) is 0 Å². The topological polar surface area (TPSA) is 30.5 Å². The largest absolute Gasteiger partial charge is 0.486 e. The lowest BCUT2D eigenvalue weighted by molar-refractivity contribution is 0.0573. The molecule has 0 amide bonds. The number of hydrogen-bond acceptors (Lipinski definition) is 3. The van der Waals surface area contributed by atoms with Crippen LogP contribution in [0.4, 0.5) is 0 Å². The molecule has 1 aromatic carbocycles. The van der Waals surface area contributed by atoms with Crippen molar-refractivity contribution in [2.24, 2.45) is 5.41 Å². The second-order valence-corrected chi connectivity index (χ2v) is 6.69. The van der Waals surface area contributed by atoms with Crippen molar-refractivity contribution in [2.45, 2.75) is 32.1 Å². The maximum Gasteiger partial charge on any atom is 0.161 e. The van der Waals surface area contributed by atoms with Crippen molar-refractivity contribution in [1.82, 2.24) is 5.32 Å². The fourth-order valence-corrected chi connectivity index (χ4v) is 3.92. The van der Waals surface area contributed by atoms with E-state index in [1.165, 1.54) is 18.4 Å². The van der Waals surface area contributed by atoms with Crippen LogP contribution in [0.3, 0.4) is 0 Å². The second-order valence-electron chi connectivity index (χ2n) is 6.69. The van der Waals surface area contributed by atoms with Gasteiger partial charge in [0.2, 0.25) is 0 Å². The monoisotopic (exact) mass is 261 g/mol. The standard InChI is InChI=1S/C16H23NO2/c1-15(2)9-16(10-15,11-17-3)12-4-5-13-14(8-12)19-7-6-18-13/h4-5,8,17H,6-7,9-11H2,1-3H3. The third-order valence-corrected chi connectivity index (χ3v) is 4.30. The number of rotatable bonds is 3. The summed E-state index contributed by atoms with van der Waals surface area (Å²) < 4.78 is 11.3. The van der Waals surface area contributed by atoms with Crippen LogP contribution in [0.25, 0.3) is 0 Å². The molecule has 2 aliphatic rings. The highest BCUT2D eigenvalue weighted by Crippen LogP contribution is 2.55. The minimum Gasteiger partial charge on any atom is -0.486 e. The smallest absolute Gasteiger partial charge is 0.161 e. The maximum atomic E-state index is 5.71. The minimum atomic E-state index is 0.258. The average Bonchev–Trinajstić information content (AvgIpc) is 2.36. The zero-order chi connectivity index (χ0) is 13.5. The molecule has 1 aromatic rings. The molecule has 0 bridgehead atoms. The van der Waals surface area contributed by atoms with E-state index >= 15 is 0 Å². The Morgan fingerprint density at radius 2 is 1.79 bits per heavy atom. The summed E-state index contributed by atoms with van der Waals surface area (Å²) in [4.78, 5) is 0. The molecule has 0 saturated heterocycles. The highest BCUT2D eigenvalue weighted by atomic mass is 16.6. The molecule has 3 nitrogen and oxygen atoms in total. The predicted octanol–water partition coefficient (Wildman–Crippen LogP) is 2.74. The number of benzene rings is 1. The molecule has 1 fully saturated rings. The Morgan fingerprint density at radius 1 is 1.11 bits per heavy atom. The van der Waals surface area contributed by atoms with Gasteiger partial charge in [-0.2, -0.15) is 0 Å². The van der Waals surface area contributed by atoms with Crippen molar-refractivity contribution in [1.29, 1.82) is 0 Å². The van der Waals surface area contributed by atoms with Gasteiger partial charge < -0.3 is 14.8 Å². The maximum absolute atomic E-state index is 5.71. The summed E-state index contributed by atoms with van der Waals surface area (Å²) in [6.45, 7) is 7.02. The second kappa shape index (κ2) is 4.41. The minimum absolute atomic E-state index is 0.258. The zero-order valence-corrected chi connectivity index (χ0v) is 12.1. The van der Waals surface area contributed by atoms with E-state index in [1.54, 1.807) is 0 Å². The Hall–Kier alpha value is -1.22. The van der Waals surface area contributed by atoms with E-state index < -0.39 is 0 Å². The molecular formula is C16H23NO2. The van der Waals surface area contributed by atoms with Crippen LogP contribution in [0.1, 0.15) is 32.3 Å². The summed E-state index contributed by atoms with van der Waals surface area (Å²) in [6.07, 6.45) is 2.45. The Morgan fingerprint density at radius 3 is 2.42 bits per heavy atom. The first kappa shape index (κ1) is 12.8. The first-order valence-electron chi connectivity index (χ1n) is 7.09. The number of fused-ring (bicyclic) bond motifs is 1. The molecule has 1 N–H and O–H groups in total. The lowest BCUT2D eigenvalue weighted by Gasteiger charge is -2.54. The zero-order valence-electron chi connectivity index (χ0n) is 12.1. The van der Waals surface area contributed by atoms with Crippen LogP contribution in [0.2, 0.25) is 0 Å². The molecule has 3 rings (SSSR count). The van der Waals surface area contributed by atoms with Crippen LogP contribution < -0.4 is 14.8 Å². The van der Waals surface area contributed by atoms with Gasteiger partial charge in [-0.15, -0.1) is 0 Å². The normalized spacial score (nSPS) is 22.7. The number of nitrogens with one attached hydrogen (secondary N) is 1. The van der Waals surface area contributed by atoms with Gasteiger partial charge in [-0.05, 0) is 43.0 Å². The van der Waals surface area contributed by atoms with Gasteiger partial charge >= 0.3 is 0 Å². The van der Waals surface area contributed by atoms with Crippen molar-refractivity contribution in [3.05, 3.63) is 23.8 Å². The lowest BCUT2D eigenvalue weighted by Crippen LogP contribution is -2.52. The van der Waals surface area contributed by atoms with Crippen molar-refractivity contribution >= 4 is 0 Å². The molecule has 3 heteroatoms. The molecule has 104 valence electrons. The molecule has 1 saturated carbocycles. The molecular weight excluding hydrogens is 238 g/mol. The van der Waals surface area contributed by atoms with Crippen LogP contribution in [0.15, 0.2) is 18.2 Å².